The van der Waals surface area contributed by atoms with Gasteiger partial charge in [0.15, 0.2) is 0 Å². The fraction of sp³-hybridized carbons (Fsp3) is 0.273. The molecule has 1 aromatic rings. The highest BCUT2D eigenvalue weighted by atomic mass is 16.2. The Morgan fingerprint density at radius 1 is 1.27 bits per heavy atom. The second-order valence-corrected chi connectivity index (χ2v) is 3.50. The van der Waals surface area contributed by atoms with E-state index in [0.717, 1.165) is 11.3 Å². The van der Waals surface area contributed by atoms with Gasteiger partial charge in [-0.3, -0.25) is 9.59 Å². The van der Waals surface area contributed by atoms with Gasteiger partial charge in [0.1, 0.15) is 0 Å². The molecule has 1 aliphatic heterocycles. The summed E-state index contributed by atoms with van der Waals surface area (Å²) in [7, 11) is 0. The van der Waals surface area contributed by atoms with Gasteiger partial charge in [-0.2, -0.15) is 0 Å². The fourth-order valence-electron chi connectivity index (χ4n) is 1.68. The molecule has 0 atom stereocenters. The van der Waals surface area contributed by atoms with Crippen LogP contribution in [0.1, 0.15) is 5.56 Å². The third kappa shape index (κ3) is 1.70. The standard InChI is InChI=1S/C11H12N2O2/c1-8-4-2-3-5-9(8)13-7-6-12-10(14)11(13)15/h2-5H,6-7H2,1H3,(H,12,14). The first-order valence-electron chi connectivity index (χ1n) is 4.85. The van der Waals surface area contributed by atoms with Gasteiger partial charge in [-0.05, 0) is 18.6 Å². The van der Waals surface area contributed by atoms with Crippen molar-refractivity contribution in [3.05, 3.63) is 29.8 Å². The molecule has 1 aromatic carbocycles. The minimum atomic E-state index is -0.524. The molecule has 1 aliphatic rings. The minimum Gasteiger partial charge on any atom is -0.346 e. The second kappa shape index (κ2) is 3.73. The number of nitrogens with zero attached hydrogens (tertiary/aromatic N) is 1. The van der Waals surface area contributed by atoms with Gasteiger partial charge >= 0.3 is 11.8 Å². The van der Waals surface area contributed by atoms with Crippen LogP contribution in [0.3, 0.4) is 0 Å². The van der Waals surface area contributed by atoms with Gasteiger partial charge in [0.25, 0.3) is 0 Å². The number of carbonyl (C=O) groups is 2. The van der Waals surface area contributed by atoms with E-state index in [1.165, 1.54) is 4.90 Å². The Bertz CT molecular complexity index is 415. The van der Waals surface area contributed by atoms with Crippen molar-refractivity contribution in [2.45, 2.75) is 6.92 Å². The van der Waals surface area contributed by atoms with Crippen molar-refractivity contribution in [3.63, 3.8) is 0 Å². The monoisotopic (exact) mass is 204 g/mol. The van der Waals surface area contributed by atoms with Crippen LogP contribution >= 0.6 is 0 Å². The van der Waals surface area contributed by atoms with Gasteiger partial charge in [0.2, 0.25) is 0 Å². The molecule has 78 valence electrons. The largest absolute Gasteiger partial charge is 0.346 e. The van der Waals surface area contributed by atoms with Gasteiger partial charge in [0, 0.05) is 18.8 Å². The molecule has 0 aromatic heterocycles. The van der Waals surface area contributed by atoms with Crippen LogP contribution in [0.5, 0.6) is 0 Å². The van der Waals surface area contributed by atoms with E-state index in [2.05, 4.69) is 5.32 Å². The summed E-state index contributed by atoms with van der Waals surface area (Å²) < 4.78 is 0. The summed E-state index contributed by atoms with van der Waals surface area (Å²) in [4.78, 5) is 24.3. The quantitative estimate of drug-likeness (QED) is 0.675. The molecule has 0 aliphatic carbocycles. The topological polar surface area (TPSA) is 49.4 Å². The van der Waals surface area contributed by atoms with Crippen molar-refractivity contribution in [2.24, 2.45) is 0 Å². The van der Waals surface area contributed by atoms with Crippen LogP contribution in [-0.4, -0.2) is 24.9 Å². The minimum absolute atomic E-state index is 0.476. The van der Waals surface area contributed by atoms with Crippen LogP contribution in [0.4, 0.5) is 5.69 Å². The summed E-state index contributed by atoms with van der Waals surface area (Å²) in [5.41, 5.74) is 1.82. The molecule has 0 unspecified atom stereocenters. The van der Waals surface area contributed by atoms with E-state index in [1.807, 2.05) is 31.2 Å². The second-order valence-electron chi connectivity index (χ2n) is 3.50. The van der Waals surface area contributed by atoms with Crippen LogP contribution < -0.4 is 10.2 Å². The Labute approximate surface area is 87.9 Å². The van der Waals surface area contributed by atoms with Crippen LogP contribution in [0.2, 0.25) is 0 Å². The van der Waals surface area contributed by atoms with Gasteiger partial charge in [-0.1, -0.05) is 18.2 Å². The van der Waals surface area contributed by atoms with E-state index < -0.39 is 11.8 Å². The first-order chi connectivity index (χ1) is 7.20. The molecular formula is C11H12N2O2. The number of benzene rings is 1. The van der Waals surface area contributed by atoms with Gasteiger partial charge in [-0.25, -0.2) is 0 Å². The number of carbonyl (C=O) groups excluding carboxylic acids is 2. The molecule has 4 heteroatoms. The first kappa shape index (κ1) is 9.71. The molecule has 2 rings (SSSR count). The van der Waals surface area contributed by atoms with E-state index in [9.17, 15) is 9.59 Å². The highest BCUT2D eigenvalue weighted by Gasteiger charge is 2.27. The average Bonchev–Trinajstić information content (AvgIpc) is 2.23. The summed E-state index contributed by atoms with van der Waals surface area (Å²) in [6.45, 7) is 2.98. The Hall–Kier alpha value is -1.84. The Balaban J connectivity index is 2.34. The number of aryl methyl sites for hydroxylation is 1. The predicted molar refractivity (Wildman–Crippen MR) is 56.5 cm³/mol. The molecule has 0 saturated carbocycles. The zero-order chi connectivity index (χ0) is 10.8. The molecule has 15 heavy (non-hydrogen) atoms. The Morgan fingerprint density at radius 2 is 2.00 bits per heavy atom. The Kier molecular flexibility index (Phi) is 2.41. The predicted octanol–water partition coefficient (Wildman–Crippen LogP) is 0.458. The van der Waals surface area contributed by atoms with Crippen LogP contribution in [0.15, 0.2) is 24.3 Å². The number of hydrogen-bond donors (Lipinski definition) is 1. The van der Waals surface area contributed by atoms with Crippen molar-refractivity contribution in [1.82, 2.24) is 5.32 Å². The van der Waals surface area contributed by atoms with E-state index in [-0.39, 0.29) is 0 Å². The fourth-order valence-corrected chi connectivity index (χ4v) is 1.68. The lowest BCUT2D eigenvalue weighted by atomic mass is 10.1. The van der Waals surface area contributed by atoms with E-state index in [4.69, 9.17) is 0 Å². The van der Waals surface area contributed by atoms with Crippen molar-refractivity contribution in [1.29, 1.82) is 0 Å². The summed E-state index contributed by atoms with van der Waals surface area (Å²) >= 11 is 0. The van der Waals surface area contributed by atoms with Gasteiger partial charge in [-0.15, -0.1) is 0 Å². The van der Waals surface area contributed by atoms with Gasteiger partial charge < -0.3 is 10.2 Å². The molecular weight excluding hydrogens is 192 g/mol. The number of amides is 2. The number of para-hydroxylation sites is 1. The molecule has 0 radical (unpaired) electrons. The molecule has 2 amide bonds. The number of piperazine rings is 1. The third-order valence-corrected chi connectivity index (χ3v) is 2.47. The molecule has 0 bridgehead atoms. The molecule has 1 heterocycles. The lowest BCUT2D eigenvalue weighted by molar-refractivity contribution is -0.138. The van der Waals surface area contributed by atoms with Crippen molar-refractivity contribution < 1.29 is 9.59 Å². The van der Waals surface area contributed by atoms with Crippen molar-refractivity contribution in [2.75, 3.05) is 18.0 Å². The van der Waals surface area contributed by atoms with Crippen molar-refractivity contribution >= 4 is 17.5 Å². The van der Waals surface area contributed by atoms with Crippen LogP contribution in [0.25, 0.3) is 0 Å². The third-order valence-electron chi connectivity index (χ3n) is 2.47. The first-order valence-corrected chi connectivity index (χ1v) is 4.85. The zero-order valence-electron chi connectivity index (χ0n) is 8.49. The molecule has 1 saturated heterocycles. The number of rotatable bonds is 1. The smallest absolute Gasteiger partial charge is 0.316 e. The van der Waals surface area contributed by atoms with E-state index >= 15 is 0 Å². The zero-order valence-corrected chi connectivity index (χ0v) is 8.49. The lowest BCUT2D eigenvalue weighted by Gasteiger charge is -2.27. The Morgan fingerprint density at radius 3 is 2.73 bits per heavy atom. The maximum Gasteiger partial charge on any atom is 0.316 e. The van der Waals surface area contributed by atoms with E-state index in [0.29, 0.717) is 13.1 Å². The molecule has 1 N–H and O–H groups in total. The van der Waals surface area contributed by atoms with Crippen molar-refractivity contribution in [3.8, 4) is 0 Å². The van der Waals surface area contributed by atoms with E-state index in [1.54, 1.807) is 0 Å². The highest BCUT2D eigenvalue weighted by molar-refractivity contribution is 6.41. The molecule has 1 fully saturated rings. The number of nitrogens with one attached hydrogen (secondary N) is 1. The van der Waals surface area contributed by atoms with Gasteiger partial charge in [0.05, 0.1) is 0 Å². The summed E-state index contributed by atoms with van der Waals surface area (Å²) in [5.74, 6) is -1.000. The summed E-state index contributed by atoms with van der Waals surface area (Å²) in [6, 6.07) is 7.55. The maximum atomic E-state index is 11.6. The number of anilines is 1. The summed E-state index contributed by atoms with van der Waals surface area (Å²) in [6.07, 6.45) is 0. The highest BCUT2D eigenvalue weighted by Crippen LogP contribution is 2.20. The lowest BCUT2D eigenvalue weighted by Crippen LogP contribution is -2.52. The van der Waals surface area contributed by atoms with Crippen LogP contribution in [-0.2, 0) is 9.59 Å². The number of hydrogen-bond acceptors (Lipinski definition) is 2. The average molecular weight is 204 g/mol. The summed E-state index contributed by atoms with van der Waals surface area (Å²) in [5, 5.41) is 2.52. The maximum absolute atomic E-state index is 11.6. The molecule has 0 spiro atoms. The normalized spacial score (nSPS) is 16.5. The van der Waals surface area contributed by atoms with Crippen LogP contribution in [0, 0.1) is 6.92 Å². The molecule has 4 nitrogen and oxygen atoms in total. The SMILES string of the molecule is Cc1ccccc1N1CCNC(=O)C1=O.